The number of rotatable bonds is 5. The Morgan fingerprint density at radius 2 is 2.28 bits per heavy atom. The molecule has 1 rings (SSSR count). The van der Waals surface area contributed by atoms with E-state index >= 15 is 0 Å². The van der Waals surface area contributed by atoms with E-state index in [1.807, 2.05) is 13.8 Å². The molecule has 0 unspecified atom stereocenters. The third kappa shape index (κ3) is 4.06. The van der Waals surface area contributed by atoms with Gasteiger partial charge in [-0.05, 0) is 18.1 Å². The first-order valence-corrected chi connectivity index (χ1v) is 5.92. The average Bonchev–Trinajstić information content (AvgIpc) is 2.34. The highest BCUT2D eigenvalue weighted by Gasteiger charge is 2.17. The fourth-order valence-corrected chi connectivity index (χ4v) is 1.60. The first-order chi connectivity index (χ1) is 8.54. The second-order valence-electron chi connectivity index (χ2n) is 4.53. The topological polar surface area (TPSA) is 83.0 Å². The predicted molar refractivity (Wildman–Crippen MR) is 69.6 cm³/mol. The van der Waals surface area contributed by atoms with Gasteiger partial charge in [0.2, 0.25) is 0 Å². The lowest BCUT2D eigenvalue weighted by atomic mass is 10.2. The van der Waals surface area contributed by atoms with Crippen molar-refractivity contribution in [3.63, 3.8) is 0 Å². The number of nitriles is 1. The van der Waals surface area contributed by atoms with Gasteiger partial charge in [0.05, 0.1) is 24.4 Å². The van der Waals surface area contributed by atoms with Crippen LogP contribution in [0.25, 0.3) is 0 Å². The highest BCUT2D eigenvalue weighted by Crippen LogP contribution is 2.08. The molecule has 1 amide bonds. The fraction of sp³-hybridized carbons (Fsp3) is 0.462. The molecule has 1 heterocycles. The van der Waals surface area contributed by atoms with Crippen LogP contribution in [0.5, 0.6) is 0 Å². The molecular weight excluding hydrogens is 228 g/mol. The lowest BCUT2D eigenvalue weighted by molar-refractivity contribution is 0.0734. The summed E-state index contributed by atoms with van der Waals surface area (Å²) < 4.78 is 0. The van der Waals surface area contributed by atoms with E-state index in [2.05, 4.69) is 11.1 Å². The number of nitrogens with zero attached hydrogens (tertiary/aromatic N) is 3. The van der Waals surface area contributed by atoms with Crippen molar-refractivity contribution >= 4 is 11.6 Å². The van der Waals surface area contributed by atoms with Crippen LogP contribution >= 0.6 is 0 Å². The lowest BCUT2D eigenvalue weighted by Crippen LogP contribution is -2.35. The van der Waals surface area contributed by atoms with Gasteiger partial charge in [0, 0.05) is 13.1 Å². The van der Waals surface area contributed by atoms with Gasteiger partial charge >= 0.3 is 0 Å². The molecule has 0 saturated carbocycles. The highest BCUT2D eigenvalue weighted by molar-refractivity contribution is 5.92. The second kappa shape index (κ2) is 6.60. The van der Waals surface area contributed by atoms with Crippen LogP contribution in [-0.4, -0.2) is 28.9 Å². The van der Waals surface area contributed by atoms with E-state index in [0.29, 0.717) is 36.8 Å². The molecule has 0 saturated heterocycles. The number of hydrogen-bond acceptors (Lipinski definition) is 4. The van der Waals surface area contributed by atoms with Crippen LogP contribution in [0, 0.1) is 17.2 Å². The molecule has 2 N–H and O–H groups in total. The molecule has 5 nitrogen and oxygen atoms in total. The molecule has 0 radical (unpaired) electrons. The SMILES string of the molecule is CC(C)CN(CCC#N)C(=O)c1ccc(N)cn1. The molecule has 18 heavy (non-hydrogen) atoms. The van der Waals surface area contributed by atoms with Gasteiger partial charge in [-0.25, -0.2) is 4.98 Å². The smallest absolute Gasteiger partial charge is 0.272 e. The van der Waals surface area contributed by atoms with Gasteiger partial charge in [0.15, 0.2) is 0 Å². The summed E-state index contributed by atoms with van der Waals surface area (Å²) in [6.45, 7) is 5.11. The number of nitrogen functional groups attached to an aromatic ring is 1. The van der Waals surface area contributed by atoms with Gasteiger partial charge in [-0.3, -0.25) is 4.79 Å². The molecule has 0 aromatic carbocycles. The van der Waals surface area contributed by atoms with E-state index in [1.54, 1.807) is 17.0 Å². The van der Waals surface area contributed by atoms with Crippen LogP contribution in [0.3, 0.4) is 0 Å². The maximum Gasteiger partial charge on any atom is 0.272 e. The van der Waals surface area contributed by atoms with Crippen molar-refractivity contribution in [2.45, 2.75) is 20.3 Å². The Hall–Kier alpha value is -2.09. The van der Waals surface area contributed by atoms with Gasteiger partial charge in [0.1, 0.15) is 5.69 Å². The summed E-state index contributed by atoms with van der Waals surface area (Å²) in [5.74, 6) is 0.195. The van der Waals surface area contributed by atoms with E-state index in [-0.39, 0.29) is 5.91 Å². The molecule has 0 aliphatic rings. The van der Waals surface area contributed by atoms with Crippen LogP contribution in [0.1, 0.15) is 30.8 Å². The number of hydrogen-bond donors (Lipinski definition) is 1. The number of anilines is 1. The van der Waals surface area contributed by atoms with Crippen LogP contribution in [-0.2, 0) is 0 Å². The molecule has 1 aromatic heterocycles. The summed E-state index contributed by atoms with van der Waals surface area (Å²) in [5.41, 5.74) is 6.42. The number of carbonyl (C=O) groups is 1. The molecule has 0 aliphatic carbocycles. The number of aromatic nitrogens is 1. The maximum absolute atomic E-state index is 12.2. The Bertz CT molecular complexity index is 433. The molecule has 96 valence electrons. The van der Waals surface area contributed by atoms with Gasteiger partial charge in [0.25, 0.3) is 5.91 Å². The van der Waals surface area contributed by atoms with Gasteiger partial charge in [-0.2, -0.15) is 5.26 Å². The van der Waals surface area contributed by atoms with E-state index in [4.69, 9.17) is 11.0 Å². The van der Waals surface area contributed by atoms with Gasteiger partial charge < -0.3 is 10.6 Å². The lowest BCUT2D eigenvalue weighted by Gasteiger charge is -2.23. The Balaban J connectivity index is 2.81. The Kier molecular flexibility index (Phi) is 5.12. The Morgan fingerprint density at radius 1 is 1.56 bits per heavy atom. The zero-order chi connectivity index (χ0) is 13.5. The molecule has 0 fully saturated rings. The molecule has 0 spiro atoms. The highest BCUT2D eigenvalue weighted by atomic mass is 16.2. The maximum atomic E-state index is 12.2. The fourth-order valence-electron chi connectivity index (χ4n) is 1.60. The van der Waals surface area contributed by atoms with E-state index in [9.17, 15) is 4.79 Å². The molecule has 1 aromatic rings. The Morgan fingerprint density at radius 3 is 2.78 bits per heavy atom. The number of pyridine rings is 1. The molecule has 0 bridgehead atoms. The third-order valence-corrected chi connectivity index (χ3v) is 2.37. The molecule has 0 aliphatic heterocycles. The second-order valence-corrected chi connectivity index (χ2v) is 4.53. The summed E-state index contributed by atoms with van der Waals surface area (Å²) in [4.78, 5) is 17.9. The third-order valence-electron chi connectivity index (χ3n) is 2.37. The quantitative estimate of drug-likeness (QED) is 0.856. The van der Waals surface area contributed by atoms with E-state index < -0.39 is 0 Å². The van der Waals surface area contributed by atoms with E-state index in [1.165, 1.54) is 6.20 Å². The first kappa shape index (κ1) is 14.0. The van der Waals surface area contributed by atoms with Crippen molar-refractivity contribution < 1.29 is 4.79 Å². The van der Waals surface area contributed by atoms with Crippen LogP contribution in [0.4, 0.5) is 5.69 Å². The molecular formula is C13H18N4O. The van der Waals surface area contributed by atoms with Gasteiger partial charge in [-0.1, -0.05) is 13.8 Å². The van der Waals surface area contributed by atoms with E-state index in [0.717, 1.165) is 0 Å². The summed E-state index contributed by atoms with van der Waals surface area (Å²) in [6, 6.07) is 5.31. The van der Waals surface area contributed by atoms with Crippen LogP contribution < -0.4 is 5.73 Å². The van der Waals surface area contributed by atoms with Crippen LogP contribution in [0.15, 0.2) is 18.3 Å². The summed E-state index contributed by atoms with van der Waals surface area (Å²) in [5, 5.41) is 8.62. The zero-order valence-corrected chi connectivity index (χ0v) is 10.8. The van der Waals surface area contributed by atoms with Crippen molar-refractivity contribution in [1.82, 2.24) is 9.88 Å². The minimum absolute atomic E-state index is 0.154. The largest absolute Gasteiger partial charge is 0.397 e. The van der Waals surface area contributed by atoms with Crippen molar-refractivity contribution in [2.24, 2.45) is 5.92 Å². The standard InChI is InChI=1S/C13H18N4O/c1-10(2)9-17(7-3-6-14)13(18)12-5-4-11(15)8-16-12/h4-5,8,10H,3,7,9,15H2,1-2H3. The Labute approximate surface area is 107 Å². The number of carbonyl (C=O) groups excluding carboxylic acids is 1. The first-order valence-electron chi connectivity index (χ1n) is 5.92. The monoisotopic (exact) mass is 246 g/mol. The minimum Gasteiger partial charge on any atom is -0.397 e. The van der Waals surface area contributed by atoms with Crippen molar-refractivity contribution in [2.75, 3.05) is 18.8 Å². The number of nitrogens with two attached hydrogens (primary N) is 1. The van der Waals surface area contributed by atoms with Crippen molar-refractivity contribution in [3.05, 3.63) is 24.0 Å². The van der Waals surface area contributed by atoms with Crippen molar-refractivity contribution in [3.8, 4) is 6.07 Å². The molecule has 5 heteroatoms. The predicted octanol–water partition coefficient (Wildman–Crippen LogP) is 1.68. The average molecular weight is 246 g/mol. The summed E-state index contributed by atoms with van der Waals surface area (Å²) in [6.07, 6.45) is 1.79. The molecule has 0 atom stereocenters. The normalized spacial score (nSPS) is 10.1. The van der Waals surface area contributed by atoms with Crippen molar-refractivity contribution in [1.29, 1.82) is 5.26 Å². The minimum atomic E-state index is -0.154. The zero-order valence-electron chi connectivity index (χ0n) is 10.8. The summed E-state index contributed by atoms with van der Waals surface area (Å²) in [7, 11) is 0. The van der Waals surface area contributed by atoms with Gasteiger partial charge in [-0.15, -0.1) is 0 Å². The summed E-state index contributed by atoms with van der Waals surface area (Å²) >= 11 is 0. The number of amides is 1. The van der Waals surface area contributed by atoms with Crippen LogP contribution in [0.2, 0.25) is 0 Å².